The molecule has 126 valence electrons. The summed E-state index contributed by atoms with van der Waals surface area (Å²) in [5.41, 5.74) is 2.59. The van der Waals surface area contributed by atoms with Crippen molar-refractivity contribution in [1.82, 2.24) is 0 Å². The lowest BCUT2D eigenvalue weighted by Crippen LogP contribution is -2.24. The molecule has 5 heteroatoms. The van der Waals surface area contributed by atoms with Crippen molar-refractivity contribution in [2.24, 2.45) is 0 Å². The first-order valence-corrected chi connectivity index (χ1v) is 8.07. The minimum absolute atomic E-state index is 0.265. The number of para-hydroxylation sites is 1. The van der Waals surface area contributed by atoms with Crippen LogP contribution < -0.4 is 4.90 Å². The number of amides is 1. The van der Waals surface area contributed by atoms with Crippen LogP contribution in [0.1, 0.15) is 12.5 Å². The highest BCUT2D eigenvalue weighted by molar-refractivity contribution is 6.30. The predicted octanol–water partition coefficient (Wildman–Crippen LogP) is 4.22. The van der Waals surface area contributed by atoms with Crippen LogP contribution in [-0.4, -0.2) is 19.0 Å². The summed E-state index contributed by atoms with van der Waals surface area (Å²) in [4.78, 5) is 26.8. The van der Waals surface area contributed by atoms with E-state index in [1.54, 1.807) is 37.3 Å². The van der Waals surface area contributed by atoms with Crippen LogP contribution in [-0.2, 0) is 14.3 Å². The number of rotatable bonds is 3. The van der Waals surface area contributed by atoms with Gasteiger partial charge >= 0.3 is 5.97 Å². The van der Waals surface area contributed by atoms with Crippen LogP contribution in [0.3, 0.4) is 0 Å². The molecule has 0 aromatic heterocycles. The molecule has 4 nitrogen and oxygen atoms in total. The zero-order valence-corrected chi connectivity index (χ0v) is 14.6. The number of hydrogen-bond donors (Lipinski definition) is 0. The smallest absolute Gasteiger partial charge is 0.340 e. The molecule has 0 aliphatic carbocycles. The second-order valence-electron chi connectivity index (χ2n) is 5.54. The Hall–Kier alpha value is -2.85. The number of allylic oxidation sites excluding steroid dienone is 1. The molecular weight excluding hydrogens is 338 g/mol. The van der Waals surface area contributed by atoms with E-state index in [1.807, 2.05) is 30.3 Å². The number of anilines is 1. The van der Waals surface area contributed by atoms with Crippen molar-refractivity contribution in [2.45, 2.75) is 6.92 Å². The average Bonchev–Trinajstić information content (AvgIpc) is 2.87. The van der Waals surface area contributed by atoms with Crippen LogP contribution in [0, 0.1) is 0 Å². The number of esters is 1. The molecule has 0 atom stereocenters. The quantitative estimate of drug-likeness (QED) is 0.613. The Bertz CT molecular complexity index is 883. The number of halogens is 1. The highest BCUT2D eigenvalue weighted by Gasteiger charge is 2.37. The predicted molar refractivity (Wildman–Crippen MR) is 98.1 cm³/mol. The van der Waals surface area contributed by atoms with Crippen molar-refractivity contribution in [3.63, 3.8) is 0 Å². The Morgan fingerprint density at radius 2 is 1.72 bits per heavy atom. The average molecular weight is 354 g/mol. The highest BCUT2D eigenvalue weighted by atomic mass is 35.5. The molecule has 0 unspecified atom stereocenters. The number of benzene rings is 2. The standard InChI is InChI=1S/C20H16ClNO3/c1-13-18(20(24)25-2)17(12-14-8-10-15(21)11-9-14)19(23)22(13)16-6-4-3-5-7-16/h3-12H,1-2H3/b17-12-. The summed E-state index contributed by atoms with van der Waals surface area (Å²) in [5, 5.41) is 0.603. The van der Waals surface area contributed by atoms with E-state index in [0.29, 0.717) is 22.0 Å². The van der Waals surface area contributed by atoms with E-state index >= 15 is 0 Å². The SMILES string of the molecule is COC(=O)C1=C(C)N(c2ccccc2)C(=O)/C1=C\c1ccc(Cl)cc1. The summed E-state index contributed by atoms with van der Waals surface area (Å²) in [6.45, 7) is 1.74. The minimum Gasteiger partial charge on any atom is -0.465 e. The van der Waals surface area contributed by atoms with E-state index in [4.69, 9.17) is 16.3 Å². The van der Waals surface area contributed by atoms with Gasteiger partial charge in [-0.2, -0.15) is 0 Å². The van der Waals surface area contributed by atoms with Crippen LogP contribution in [0.2, 0.25) is 5.02 Å². The maximum absolute atomic E-state index is 13.0. The molecule has 0 saturated carbocycles. The van der Waals surface area contributed by atoms with Gasteiger partial charge in [-0.25, -0.2) is 4.79 Å². The Morgan fingerprint density at radius 3 is 2.32 bits per heavy atom. The van der Waals surface area contributed by atoms with Gasteiger partial charge in [-0.15, -0.1) is 0 Å². The van der Waals surface area contributed by atoms with E-state index in [2.05, 4.69) is 0 Å². The molecule has 0 N–H and O–H groups in total. The summed E-state index contributed by atoms with van der Waals surface area (Å²) < 4.78 is 4.89. The van der Waals surface area contributed by atoms with Crippen LogP contribution in [0.15, 0.2) is 71.4 Å². The summed E-state index contributed by atoms with van der Waals surface area (Å²) in [5.74, 6) is -0.802. The van der Waals surface area contributed by atoms with Gasteiger partial charge in [0.05, 0.1) is 18.3 Å². The third-order valence-electron chi connectivity index (χ3n) is 3.98. The third kappa shape index (κ3) is 3.21. The first-order chi connectivity index (χ1) is 12.0. The molecule has 0 saturated heterocycles. The summed E-state index contributed by atoms with van der Waals surface area (Å²) in [7, 11) is 1.30. The van der Waals surface area contributed by atoms with Crippen molar-refractivity contribution in [3.05, 3.63) is 82.0 Å². The normalized spacial score (nSPS) is 15.9. The van der Waals surface area contributed by atoms with Crippen LogP contribution in [0.5, 0.6) is 0 Å². The summed E-state index contributed by atoms with van der Waals surface area (Å²) in [6, 6.07) is 16.2. The van der Waals surface area contributed by atoms with E-state index in [0.717, 1.165) is 5.56 Å². The lowest BCUT2D eigenvalue weighted by Gasteiger charge is -2.17. The molecule has 1 heterocycles. The molecular formula is C20H16ClNO3. The molecule has 0 fully saturated rings. The first kappa shape index (κ1) is 17.0. The van der Waals surface area contributed by atoms with Gasteiger partial charge in [0.15, 0.2) is 0 Å². The fraction of sp³-hybridized carbons (Fsp3) is 0.100. The topological polar surface area (TPSA) is 46.6 Å². The molecule has 2 aromatic carbocycles. The van der Waals surface area contributed by atoms with Gasteiger partial charge in [0, 0.05) is 16.4 Å². The molecule has 1 aliphatic heterocycles. The van der Waals surface area contributed by atoms with Crippen molar-refractivity contribution in [3.8, 4) is 0 Å². The molecule has 25 heavy (non-hydrogen) atoms. The summed E-state index contributed by atoms with van der Waals surface area (Å²) in [6.07, 6.45) is 1.68. The fourth-order valence-electron chi connectivity index (χ4n) is 2.79. The Labute approximate surface area is 151 Å². The number of ether oxygens (including phenoxy) is 1. The van der Waals surface area contributed by atoms with Gasteiger partial charge in [0.25, 0.3) is 5.91 Å². The van der Waals surface area contributed by atoms with Gasteiger partial charge in [0.2, 0.25) is 0 Å². The second kappa shape index (κ2) is 6.95. The van der Waals surface area contributed by atoms with Crippen LogP contribution >= 0.6 is 11.6 Å². The molecule has 2 aromatic rings. The Balaban J connectivity index is 2.12. The van der Waals surface area contributed by atoms with E-state index in [-0.39, 0.29) is 11.5 Å². The largest absolute Gasteiger partial charge is 0.465 e. The van der Waals surface area contributed by atoms with Crippen LogP contribution in [0.25, 0.3) is 6.08 Å². The first-order valence-electron chi connectivity index (χ1n) is 7.69. The van der Waals surface area contributed by atoms with Gasteiger partial charge in [0.1, 0.15) is 0 Å². The molecule has 1 amide bonds. The number of carbonyl (C=O) groups excluding carboxylic acids is 2. The van der Waals surface area contributed by atoms with E-state index in [1.165, 1.54) is 12.0 Å². The lowest BCUT2D eigenvalue weighted by molar-refractivity contribution is -0.136. The number of nitrogens with zero attached hydrogens (tertiary/aromatic N) is 1. The number of methoxy groups -OCH3 is 1. The Morgan fingerprint density at radius 1 is 1.08 bits per heavy atom. The second-order valence-corrected chi connectivity index (χ2v) is 5.97. The number of carbonyl (C=O) groups is 2. The van der Waals surface area contributed by atoms with Gasteiger partial charge in [-0.05, 0) is 42.8 Å². The maximum Gasteiger partial charge on any atom is 0.340 e. The Kier molecular flexibility index (Phi) is 4.72. The monoisotopic (exact) mass is 353 g/mol. The fourth-order valence-corrected chi connectivity index (χ4v) is 2.92. The molecule has 0 spiro atoms. The lowest BCUT2D eigenvalue weighted by atomic mass is 10.0. The summed E-state index contributed by atoms with van der Waals surface area (Å²) >= 11 is 5.91. The van der Waals surface area contributed by atoms with E-state index in [9.17, 15) is 9.59 Å². The zero-order valence-electron chi connectivity index (χ0n) is 13.8. The minimum atomic E-state index is -0.538. The zero-order chi connectivity index (χ0) is 18.0. The van der Waals surface area contributed by atoms with Gasteiger partial charge in [-0.1, -0.05) is 41.9 Å². The van der Waals surface area contributed by atoms with Crippen molar-refractivity contribution < 1.29 is 14.3 Å². The highest BCUT2D eigenvalue weighted by Crippen LogP contribution is 2.35. The molecule has 3 rings (SSSR count). The van der Waals surface area contributed by atoms with Crippen molar-refractivity contribution >= 4 is 35.2 Å². The van der Waals surface area contributed by atoms with Gasteiger partial charge < -0.3 is 4.74 Å². The molecule has 1 aliphatic rings. The van der Waals surface area contributed by atoms with Crippen molar-refractivity contribution in [2.75, 3.05) is 12.0 Å². The number of hydrogen-bond acceptors (Lipinski definition) is 3. The molecule has 0 bridgehead atoms. The third-order valence-corrected chi connectivity index (χ3v) is 4.24. The van der Waals surface area contributed by atoms with Gasteiger partial charge in [-0.3, -0.25) is 9.69 Å². The maximum atomic E-state index is 13.0. The van der Waals surface area contributed by atoms with Crippen molar-refractivity contribution in [1.29, 1.82) is 0 Å². The van der Waals surface area contributed by atoms with E-state index < -0.39 is 5.97 Å². The molecule has 0 radical (unpaired) electrons. The van der Waals surface area contributed by atoms with Crippen LogP contribution in [0.4, 0.5) is 5.69 Å².